The first-order valence-electron chi connectivity index (χ1n) is 9.08. The predicted octanol–water partition coefficient (Wildman–Crippen LogP) is 2.82. The van der Waals surface area contributed by atoms with Crippen LogP contribution in [0.3, 0.4) is 0 Å². The van der Waals surface area contributed by atoms with E-state index in [0.29, 0.717) is 18.0 Å². The van der Waals surface area contributed by atoms with Gasteiger partial charge < -0.3 is 9.72 Å². The Morgan fingerprint density at radius 2 is 2.35 bits per heavy atom. The van der Waals surface area contributed by atoms with E-state index in [-0.39, 0.29) is 11.6 Å². The van der Waals surface area contributed by atoms with E-state index in [9.17, 15) is 4.79 Å². The molecule has 0 radical (unpaired) electrons. The Labute approximate surface area is 136 Å². The number of nitrogens with zero attached hydrogens (tertiary/aromatic N) is 1. The average molecular weight is 312 g/mol. The highest BCUT2D eigenvalue weighted by Crippen LogP contribution is 2.56. The van der Waals surface area contributed by atoms with Gasteiger partial charge >= 0.3 is 5.97 Å². The van der Waals surface area contributed by atoms with Crippen LogP contribution in [-0.4, -0.2) is 40.1 Å². The van der Waals surface area contributed by atoms with Crippen LogP contribution in [0.15, 0.2) is 30.0 Å². The molecule has 1 spiro atoms. The third-order valence-corrected chi connectivity index (χ3v) is 6.61. The second-order valence-electron chi connectivity index (χ2n) is 7.70. The summed E-state index contributed by atoms with van der Waals surface area (Å²) in [6, 6.07) is 5.28. The van der Waals surface area contributed by atoms with Gasteiger partial charge in [-0.1, -0.05) is 6.42 Å². The lowest BCUT2D eigenvalue weighted by Crippen LogP contribution is -2.48. The van der Waals surface area contributed by atoms with Crippen LogP contribution in [0.4, 0.5) is 0 Å². The molecule has 23 heavy (non-hydrogen) atoms. The number of hydrogen-bond donors (Lipinski definition) is 1. The minimum absolute atomic E-state index is 0.101. The lowest BCUT2D eigenvalue weighted by Gasteiger charge is -2.38. The minimum Gasteiger partial charge on any atom is -0.450 e. The van der Waals surface area contributed by atoms with Crippen LogP contribution in [0.5, 0.6) is 0 Å². The van der Waals surface area contributed by atoms with Crippen molar-refractivity contribution in [3.8, 4) is 0 Å². The lowest BCUT2D eigenvalue weighted by atomic mass is 9.72. The van der Waals surface area contributed by atoms with Crippen LogP contribution < -0.4 is 0 Å². The zero-order chi connectivity index (χ0) is 15.4. The Morgan fingerprint density at radius 1 is 1.39 bits per heavy atom. The number of hydrogen-bond acceptors (Lipinski definition) is 3. The van der Waals surface area contributed by atoms with Crippen molar-refractivity contribution < 1.29 is 9.53 Å². The van der Waals surface area contributed by atoms with Gasteiger partial charge in [0.1, 0.15) is 0 Å². The molecular formula is C19H24N2O2. The van der Waals surface area contributed by atoms with Gasteiger partial charge in [-0.05, 0) is 62.3 Å². The van der Waals surface area contributed by atoms with Gasteiger partial charge in [0.2, 0.25) is 0 Å². The van der Waals surface area contributed by atoms with E-state index in [1.807, 2.05) is 12.3 Å². The molecular weight excluding hydrogens is 288 g/mol. The summed E-state index contributed by atoms with van der Waals surface area (Å²) in [6.07, 6.45) is 11.9. The summed E-state index contributed by atoms with van der Waals surface area (Å²) < 4.78 is 5.93. The van der Waals surface area contributed by atoms with Crippen molar-refractivity contribution in [2.75, 3.05) is 6.54 Å². The van der Waals surface area contributed by atoms with Gasteiger partial charge in [-0.15, -0.1) is 0 Å². The molecule has 4 nitrogen and oxygen atoms in total. The van der Waals surface area contributed by atoms with Crippen LogP contribution in [0.1, 0.15) is 44.2 Å². The maximum Gasteiger partial charge on any atom is 0.331 e. The molecule has 0 amide bonds. The van der Waals surface area contributed by atoms with Gasteiger partial charge in [0.25, 0.3) is 0 Å². The number of fused-ring (bicyclic) bond motifs is 3. The zero-order valence-corrected chi connectivity index (χ0v) is 13.5. The molecule has 0 aromatic carbocycles. The Morgan fingerprint density at radius 3 is 3.22 bits per heavy atom. The number of aryl methyl sites for hydroxylation is 1. The Balaban J connectivity index is 1.44. The number of carbonyl (C=O) groups excluding carboxylic acids is 1. The molecule has 1 saturated carbocycles. The number of esters is 1. The van der Waals surface area contributed by atoms with Gasteiger partial charge in [-0.3, -0.25) is 4.90 Å². The first-order chi connectivity index (χ1) is 11.3. The Hall–Kier alpha value is -1.55. The summed E-state index contributed by atoms with van der Waals surface area (Å²) in [5, 5.41) is 0. The molecule has 1 N–H and O–H groups in total. The number of rotatable bonds is 3. The SMILES string of the molecule is O=C1C=C2CC(CCc3ccc[nH]3)[C@@H]3C[C@@]2(O1)[C@H]1CCCCN31. The van der Waals surface area contributed by atoms with Gasteiger partial charge in [0.15, 0.2) is 5.60 Å². The first kappa shape index (κ1) is 13.8. The number of aromatic nitrogens is 1. The summed E-state index contributed by atoms with van der Waals surface area (Å²) in [6.45, 7) is 1.18. The fourth-order valence-electron chi connectivity index (χ4n) is 5.66. The fraction of sp³-hybridized carbons (Fsp3) is 0.632. The van der Waals surface area contributed by atoms with E-state index in [2.05, 4.69) is 22.0 Å². The summed E-state index contributed by atoms with van der Waals surface area (Å²) in [5.74, 6) is 0.548. The molecule has 3 fully saturated rings. The third-order valence-electron chi connectivity index (χ3n) is 6.61. The summed E-state index contributed by atoms with van der Waals surface area (Å²) in [4.78, 5) is 18.0. The minimum atomic E-state index is -0.259. The second kappa shape index (κ2) is 4.97. The third kappa shape index (κ3) is 1.97. The van der Waals surface area contributed by atoms with Crippen molar-refractivity contribution >= 4 is 5.97 Å². The largest absolute Gasteiger partial charge is 0.450 e. The summed E-state index contributed by atoms with van der Waals surface area (Å²) in [5.41, 5.74) is 2.36. The smallest absolute Gasteiger partial charge is 0.331 e. The maximum absolute atomic E-state index is 12.0. The van der Waals surface area contributed by atoms with Gasteiger partial charge in [0.05, 0.1) is 6.04 Å². The van der Waals surface area contributed by atoms with Gasteiger partial charge in [0, 0.05) is 30.4 Å². The van der Waals surface area contributed by atoms with Crippen LogP contribution in [-0.2, 0) is 16.0 Å². The number of aromatic amines is 1. The average Bonchev–Trinajstić information content (AvgIpc) is 3.24. The van der Waals surface area contributed by atoms with Gasteiger partial charge in [-0.25, -0.2) is 4.79 Å². The lowest BCUT2D eigenvalue weighted by molar-refractivity contribution is -0.148. The van der Waals surface area contributed by atoms with Crippen molar-refractivity contribution in [3.63, 3.8) is 0 Å². The molecule has 4 heteroatoms. The van der Waals surface area contributed by atoms with E-state index < -0.39 is 0 Å². The van der Waals surface area contributed by atoms with Crippen LogP contribution in [0, 0.1) is 5.92 Å². The van der Waals surface area contributed by atoms with E-state index in [0.717, 1.165) is 19.3 Å². The number of piperidine rings is 1. The molecule has 4 atom stereocenters. The predicted molar refractivity (Wildman–Crippen MR) is 86.9 cm³/mol. The zero-order valence-electron chi connectivity index (χ0n) is 13.5. The van der Waals surface area contributed by atoms with Crippen LogP contribution in [0.2, 0.25) is 0 Å². The van der Waals surface area contributed by atoms with Crippen molar-refractivity contribution in [1.82, 2.24) is 9.88 Å². The molecule has 3 aliphatic heterocycles. The molecule has 2 saturated heterocycles. The van der Waals surface area contributed by atoms with Gasteiger partial charge in [-0.2, -0.15) is 0 Å². The first-order valence-corrected chi connectivity index (χ1v) is 9.08. The normalized spacial score (nSPS) is 38.9. The highest BCUT2D eigenvalue weighted by molar-refractivity contribution is 5.87. The molecule has 1 unspecified atom stereocenters. The maximum atomic E-state index is 12.0. The highest BCUT2D eigenvalue weighted by Gasteiger charge is 2.63. The molecule has 4 heterocycles. The number of H-pyrrole nitrogens is 1. The molecule has 2 bridgehead atoms. The Kier molecular flexibility index (Phi) is 2.99. The number of nitrogens with one attached hydrogen (secondary N) is 1. The Bertz CT molecular complexity index is 650. The van der Waals surface area contributed by atoms with E-state index >= 15 is 0 Å². The second-order valence-corrected chi connectivity index (χ2v) is 7.70. The molecule has 122 valence electrons. The quantitative estimate of drug-likeness (QED) is 0.873. The van der Waals surface area contributed by atoms with E-state index in [1.54, 1.807) is 0 Å². The van der Waals surface area contributed by atoms with Crippen molar-refractivity contribution in [2.24, 2.45) is 5.92 Å². The van der Waals surface area contributed by atoms with Crippen LogP contribution >= 0.6 is 0 Å². The van der Waals surface area contributed by atoms with Crippen molar-refractivity contribution in [1.29, 1.82) is 0 Å². The van der Waals surface area contributed by atoms with Crippen molar-refractivity contribution in [3.05, 3.63) is 35.7 Å². The molecule has 5 rings (SSSR count). The molecule has 1 aromatic heterocycles. The standard InChI is InChI=1S/C19H24N2O2/c22-18-11-14-10-13(6-7-15-4-3-8-20-15)16-12-19(14,23-18)17-5-1-2-9-21(16)17/h3-4,8,11,13,16-17,20H,1-2,5-7,9-10,12H2/t13?,16-,17+,19-/m0/s1. The van der Waals surface area contributed by atoms with Crippen LogP contribution in [0.25, 0.3) is 0 Å². The number of ether oxygens (including phenoxy) is 1. The summed E-state index contributed by atoms with van der Waals surface area (Å²) in [7, 11) is 0. The highest BCUT2D eigenvalue weighted by atomic mass is 16.6. The molecule has 1 aromatic rings. The van der Waals surface area contributed by atoms with E-state index in [1.165, 1.54) is 43.5 Å². The summed E-state index contributed by atoms with van der Waals surface area (Å²) >= 11 is 0. The molecule has 1 aliphatic carbocycles. The topological polar surface area (TPSA) is 45.3 Å². The van der Waals surface area contributed by atoms with E-state index in [4.69, 9.17) is 4.74 Å². The molecule has 4 aliphatic rings. The van der Waals surface area contributed by atoms with Crippen molar-refractivity contribution in [2.45, 2.75) is 62.6 Å². The fourth-order valence-corrected chi connectivity index (χ4v) is 5.66. The number of carbonyl (C=O) groups is 1. The monoisotopic (exact) mass is 312 g/mol.